The fourth-order valence-corrected chi connectivity index (χ4v) is 15.5. The van der Waals surface area contributed by atoms with Gasteiger partial charge in [-0.15, -0.1) is 0 Å². The number of halogens is 4. The summed E-state index contributed by atoms with van der Waals surface area (Å²) in [6.45, 7) is 34.7. The number of hydrogen-bond acceptors (Lipinski definition) is 0. The van der Waals surface area contributed by atoms with Gasteiger partial charge >= 0.3 is 75.7 Å². The Hall–Kier alpha value is 0.586. The predicted octanol–water partition coefficient (Wildman–Crippen LogP) is 22.4. The molecule has 10 unspecified atom stereocenters. The van der Waals surface area contributed by atoms with Crippen LogP contribution in [0, 0.1) is 133 Å². The second-order valence-corrected chi connectivity index (χ2v) is 34.7. The normalized spacial score (nSPS) is 31.1. The van der Waals surface area contributed by atoms with Crippen molar-refractivity contribution in [1.29, 1.82) is 0 Å². The van der Waals surface area contributed by atoms with Gasteiger partial charge in [-0.05, 0) is 177 Å². The van der Waals surface area contributed by atoms with Crippen molar-refractivity contribution in [1.82, 2.24) is 0 Å². The zero-order valence-electron chi connectivity index (χ0n) is 49.0. The molecule has 0 heterocycles. The van der Waals surface area contributed by atoms with Gasteiger partial charge in [0, 0.05) is 0 Å². The van der Waals surface area contributed by atoms with Crippen LogP contribution in [0.1, 0.15) is 174 Å². The van der Waals surface area contributed by atoms with E-state index in [1.54, 1.807) is 22.3 Å². The molecule has 0 spiro atoms. The van der Waals surface area contributed by atoms with Crippen LogP contribution < -0.4 is 0 Å². The van der Waals surface area contributed by atoms with Crippen LogP contribution in [0.2, 0.25) is 0 Å². The summed E-state index contributed by atoms with van der Waals surface area (Å²) in [6, 6.07) is 0. The standard InChI is InChI=1S/C62H92.4CH3.4ClH.2Zr/c1-57(2,3)43-27-31-47-48-32-28-44(58(4,5)6)38-52(48)55(51(47)37-43)61(13,41-23-17-18-24-41)35-21-15-16-22-36-62(14,42-25-19-20-26-42)56-53-39-45(59(7,8)9)29-33-49(53)50-34-30-46(40-54(50)56)60(10,11)12;;;;;;;;;;/h15-16,27-34,37-42,47-56H,17-26,35-36H2,1-14H3;4*1H3;4*1H;;/q;4*-1;;;;;2*+4/p-4/b16-15+;;;;;;;;;;. The van der Waals surface area contributed by atoms with Gasteiger partial charge in [-0.2, -0.15) is 0 Å². The first-order valence-corrected chi connectivity index (χ1v) is 39.7. The SMILES string of the molecule is CC(C)(C)C1=CC2C(C=C1)C1C=CC(C(C)(C)C)=CC1C2C(C)(CC/C=C/CCC(C)(C1CCCC1)C1C2C=C(C(C)(C)C)C=CC2C2C=CC(C(C)(C)C)=CC21)C1CCCC1.[CH3-].[CH3-].[CH3-].[CH3-].[Cl][Zr+2][Cl].[Cl][Zr+2][Cl]. The van der Waals surface area contributed by atoms with E-state index in [1.807, 2.05) is 0 Å². The van der Waals surface area contributed by atoms with Crippen molar-refractivity contribution in [3.8, 4) is 0 Å². The maximum absolute atomic E-state index is 4.93. The molecule has 0 radical (unpaired) electrons. The van der Waals surface area contributed by atoms with Crippen LogP contribution in [-0.4, -0.2) is 0 Å². The molecule has 0 amide bonds. The molecular formula is C66H104Cl4Zr2. The molecule has 0 aliphatic heterocycles. The molecule has 0 aromatic carbocycles. The zero-order chi connectivity index (χ0) is 50.0. The molecule has 6 heteroatoms. The molecule has 0 aromatic heterocycles. The van der Waals surface area contributed by atoms with E-state index in [0.29, 0.717) is 70.0 Å². The number of rotatable bonds is 10. The van der Waals surface area contributed by atoms with Crippen LogP contribution in [0.4, 0.5) is 0 Å². The molecule has 0 saturated heterocycles. The van der Waals surface area contributed by atoms with Crippen LogP contribution in [-0.2, 0) is 41.7 Å². The van der Waals surface area contributed by atoms with E-state index in [4.69, 9.17) is 34.1 Å². The van der Waals surface area contributed by atoms with Gasteiger partial charge in [-0.3, -0.25) is 0 Å². The number of hydrogen-bond donors (Lipinski definition) is 0. The van der Waals surface area contributed by atoms with Gasteiger partial charge in [0.25, 0.3) is 0 Å². The fraction of sp³-hybridized carbons (Fsp3) is 0.667. The van der Waals surface area contributed by atoms with Crippen molar-refractivity contribution in [3.05, 3.63) is 137 Å². The van der Waals surface area contributed by atoms with Crippen LogP contribution in [0.3, 0.4) is 0 Å². The van der Waals surface area contributed by atoms with E-state index in [-0.39, 0.29) is 51.4 Å². The summed E-state index contributed by atoms with van der Waals surface area (Å²) >= 11 is -1.65. The van der Waals surface area contributed by atoms with Gasteiger partial charge in [0.2, 0.25) is 0 Å². The quantitative estimate of drug-likeness (QED) is 0.151. The molecule has 8 rings (SSSR count). The summed E-state index contributed by atoms with van der Waals surface area (Å²) in [4.78, 5) is 0. The van der Waals surface area contributed by atoms with E-state index in [2.05, 4.69) is 182 Å². The van der Waals surface area contributed by atoms with E-state index < -0.39 is 41.7 Å². The average molecular weight is 1220 g/mol. The fourth-order valence-electron chi connectivity index (χ4n) is 15.5. The monoisotopic (exact) mass is 1220 g/mol. The van der Waals surface area contributed by atoms with E-state index in [9.17, 15) is 0 Å². The van der Waals surface area contributed by atoms with Crippen molar-refractivity contribution in [2.75, 3.05) is 0 Å². The summed E-state index contributed by atoms with van der Waals surface area (Å²) < 4.78 is 0. The Morgan fingerprint density at radius 2 is 0.597 bits per heavy atom. The second-order valence-electron chi connectivity index (χ2n) is 27.3. The van der Waals surface area contributed by atoms with E-state index in [1.165, 1.54) is 77.0 Å². The van der Waals surface area contributed by atoms with Crippen molar-refractivity contribution in [3.63, 3.8) is 0 Å². The molecule has 4 saturated carbocycles. The van der Waals surface area contributed by atoms with Gasteiger partial charge < -0.3 is 29.7 Å². The molecular weight excluding hydrogens is 1120 g/mol. The Bertz CT molecular complexity index is 1740. The first-order valence-electron chi connectivity index (χ1n) is 27.0. The van der Waals surface area contributed by atoms with Crippen LogP contribution >= 0.6 is 34.1 Å². The Morgan fingerprint density at radius 3 is 0.792 bits per heavy atom. The molecule has 4 fully saturated rings. The molecule has 8 aliphatic rings. The second kappa shape index (κ2) is 28.1. The summed E-state index contributed by atoms with van der Waals surface area (Å²) in [7, 11) is 19.7. The van der Waals surface area contributed by atoms with Gasteiger partial charge in [0.15, 0.2) is 0 Å². The first kappa shape index (κ1) is 68.7. The Labute approximate surface area is 485 Å². The number of fused-ring (bicyclic) bond motifs is 6. The minimum absolute atomic E-state index is 0. The zero-order valence-corrected chi connectivity index (χ0v) is 56.9. The van der Waals surface area contributed by atoms with Gasteiger partial charge in [0.05, 0.1) is 0 Å². The van der Waals surface area contributed by atoms with E-state index in [0.717, 1.165) is 11.8 Å². The molecule has 0 bridgehead atoms. The first-order chi connectivity index (χ1) is 31.8. The summed E-state index contributed by atoms with van der Waals surface area (Å²) in [5.74, 6) is 7.97. The Morgan fingerprint density at radius 1 is 0.389 bits per heavy atom. The van der Waals surface area contributed by atoms with Crippen LogP contribution in [0.25, 0.3) is 0 Å². The van der Waals surface area contributed by atoms with Crippen molar-refractivity contribution >= 4 is 34.1 Å². The third-order valence-corrected chi connectivity index (χ3v) is 19.2. The molecule has 404 valence electrons. The van der Waals surface area contributed by atoms with Crippen LogP contribution in [0.15, 0.2) is 107 Å². The average Bonchev–Trinajstić information content (AvgIpc) is 4.09. The Balaban J connectivity index is 0.00000169. The predicted molar refractivity (Wildman–Crippen MR) is 318 cm³/mol. The summed E-state index contributed by atoms with van der Waals surface area (Å²) in [6.07, 6.45) is 53.8. The Kier molecular flexibility index (Phi) is 26.8. The van der Waals surface area contributed by atoms with Crippen molar-refractivity contribution in [2.24, 2.45) is 104 Å². The topological polar surface area (TPSA) is 0 Å². The van der Waals surface area contributed by atoms with Crippen molar-refractivity contribution < 1.29 is 41.7 Å². The molecule has 8 aliphatic carbocycles. The van der Waals surface area contributed by atoms with Gasteiger partial charge in [-0.25, -0.2) is 0 Å². The third-order valence-electron chi connectivity index (χ3n) is 19.2. The third kappa shape index (κ3) is 15.3. The molecule has 72 heavy (non-hydrogen) atoms. The number of allylic oxidation sites excluding steroid dienone is 18. The summed E-state index contributed by atoms with van der Waals surface area (Å²) in [5, 5.41) is 0. The molecule has 10 atom stereocenters. The molecule has 0 N–H and O–H groups in total. The molecule has 0 aromatic rings. The summed E-state index contributed by atoms with van der Waals surface area (Å²) in [5.41, 5.74) is 7.62. The van der Waals surface area contributed by atoms with E-state index >= 15 is 0 Å². The van der Waals surface area contributed by atoms with Gasteiger partial charge in [-0.1, -0.05) is 208 Å². The van der Waals surface area contributed by atoms with Crippen LogP contribution in [0.5, 0.6) is 0 Å². The van der Waals surface area contributed by atoms with Crippen molar-refractivity contribution in [2.45, 2.75) is 174 Å². The van der Waals surface area contributed by atoms with Gasteiger partial charge in [0.1, 0.15) is 0 Å². The maximum atomic E-state index is 4.93. The molecule has 0 nitrogen and oxygen atoms in total. The minimum atomic E-state index is -0.826.